The Hall–Kier alpha value is -2.44. The summed E-state index contributed by atoms with van der Waals surface area (Å²) < 4.78 is 18.5. The number of aromatic nitrogens is 1. The summed E-state index contributed by atoms with van der Waals surface area (Å²) in [7, 11) is 0. The molecule has 0 aliphatic carbocycles. The Kier molecular flexibility index (Phi) is 4.04. The summed E-state index contributed by atoms with van der Waals surface area (Å²) in [4.78, 5) is 15.0. The molecule has 1 aliphatic heterocycles. The number of esters is 1. The lowest BCUT2D eigenvalue weighted by Crippen LogP contribution is -2.10. The Morgan fingerprint density at radius 2 is 2.18 bits per heavy atom. The summed E-state index contributed by atoms with van der Waals surface area (Å²) in [5.41, 5.74) is 1.14. The van der Waals surface area contributed by atoms with Gasteiger partial charge in [0.25, 0.3) is 0 Å². The fourth-order valence-electron chi connectivity index (χ4n) is 2.50. The predicted molar refractivity (Wildman–Crippen MR) is 79.5 cm³/mol. The number of halogens is 1. The molecule has 0 amide bonds. The van der Waals surface area contributed by atoms with E-state index in [2.05, 4.69) is 15.3 Å². The molecule has 1 saturated heterocycles. The third kappa shape index (κ3) is 2.79. The quantitative estimate of drug-likeness (QED) is 0.693. The molecule has 6 nitrogen and oxygen atoms in total. The van der Waals surface area contributed by atoms with Crippen molar-refractivity contribution in [2.75, 3.05) is 19.7 Å². The Labute approximate surface area is 126 Å². The fraction of sp³-hybridized carbons (Fsp3) is 0.400. The van der Waals surface area contributed by atoms with Crippen LogP contribution in [0.3, 0.4) is 0 Å². The van der Waals surface area contributed by atoms with E-state index in [9.17, 15) is 9.18 Å². The average molecular weight is 304 g/mol. The van der Waals surface area contributed by atoms with Gasteiger partial charge in [-0.1, -0.05) is 5.22 Å². The molecular formula is C15H17FN4O2. The van der Waals surface area contributed by atoms with Gasteiger partial charge in [0.2, 0.25) is 0 Å². The number of nitrogens with zero attached hydrogens (tertiary/aromatic N) is 3. The van der Waals surface area contributed by atoms with E-state index in [1.807, 2.05) is 5.01 Å². The van der Waals surface area contributed by atoms with Crippen LogP contribution >= 0.6 is 0 Å². The van der Waals surface area contributed by atoms with Crippen molar-refractivity contribution in [3.8, 4) is 0 Å². The van der Waals surface area contributed by atoms with Crippen molar-refractivity contribution in [3.63, 3.8) is 0 Å². The number of H-pyrrole nitrogens is 1. The number of benzene rings is 1. The largest absolute Gasteiger partial charge is 0.461 e. The van der Waals surface area contributed by atoms with E-state index in [-0.39, 0.29) is 18.1 Å². The van der Waals surface area contributed by atoms with Crippen LogP contribution in [0.15, 0.2) is 28.5 Å². The van der Waals surface area contributed by atoms with E-state index >= 15 is 0 Å². The van der Waals surface area contributed by atoms with Crippen molar-refractivity contribution in [3.05, 3.63) is 29.7 Å². The van der Waals surface area contributed by atoms with Crippen molar-refractivity contribution in [1.82, 2.24) is 9.99 Å². The highest BCUT2D eigenvalue weighted by atomic mass is 19.1. The first-order chi connectivity index (χ1) is 10.7. The minimum absolute atomic E-state index is 0.199. The number of rotatable bonds is 4. The van der Waals surface area contributed by atoms with Gasteiger partial charge in [0, 0.05) is 24.0 Å². The molecule has 3 rings (SSSR count). The number of ether oxygens (including phenoxy) is 1. The molecule has 22 heavy (non-hydrogen) atoms. The van der Waals surface area contributed by atoms with Gasteiger partial charge in [-0.2, -0.15) is 0 Å². The van der Waals surface area contributed by atoms with E-state index in [4.69, 9.17) is 4.74 Å². The molecule has 0 spiro atoms. The number of fused-ring (bicyclic) bond motifs is 1. The summed E-state index contributed by atoms with van der Waals surface area (Å²) >= 11 is 0. The highest BCUT2D eigenvalue weighted by Gasteiger charge is 2.20. The van der Waals surface area contributed by atoms with Crippen LogP contribution in [0.2, 0.25) is 0 Å². The SMILES string of the molecule is CCOC(=O)c1[nH]c2ccc(F)cc2c1N=NN1CCCC1. The molecule has 1 aliphatic rings. The first kappa shape index (κ1) is 14.5. The molecule has 116 valence electrons. The van der Waals surface area contributed by atoms with Crippen LogP contribution in [0, 0.1) is 5.82 Å². The van der Waals surface area contributed by atoms with E-state index in [1.165, 1.54) is 12.1 Å². The second-order valence-electron chi connectivity index (χ2n) is 5.11. The Morgan fingerprint density at radius 3 is 2.91 bits per heavy atom. The average Bonchev–Trinajstić information content (AvgIpc) is 3.12. The highest BCUT2D eigenvalue weighted by molar-refractivity contribution is 6.04. The number of aromatic amines is 1. The van der Waals surface area contributed by atoms with Crippen molar-refractivity contribution in [1.29, 1.82) is 0 Å². The van der Waals surface area contributed by atoms with Crippen LogP contribution in [-0.2, 0) is 4.74 Å². The van der Waals surface area contributed by atoms with Gasteiger partial charge >= 0.3 is 5.97 Å². The van der Waals surface area contributed by atoms with E-state index in [0.717, 1.165) is 25.9 Å². The molecule has 1 N–H and O–H groups in total. The molecule has 7 heteroatoms. The van der Waals surface area contributed by atoms with Gasteiger partial charge in [0.15, 0.2) is 5.69 Å². The molecular weight excluding hydrogens is 287 g/mol. The smallest absolute Gasteiger partial charge is 0.357 e. The van der Waals surface area contributed by atoms with Crippen LogP contribution in [0.4, 0.5) is 10.1 Å². The van der Waals surface area contributed by atoms with Gasteiger partial charge in [-0.15, -0.1) is 5.11 Å². The van der Waals surface area contributed by atoms with Gasteiger partial charge in [0.1, 0.15) is 11.5 Å². The van der Waals surface area contributed by atoms with Crippen molar-refractivity contribution < 1.29 is 13.9 Å². The van der Waals surface area contributed by atoms with Crippen molar-refractivity contribution in [2.24, 2.45) is 10.3 Å². The van der Waals surface area contributed by atoms with Gasteiger partial charge < -0.3 is 9.72 Å². The van der Waals surface area contributed by atoms with Crippen molar-refractivity contribution in [2.45, 2.75) is 19.8 Å². The zero-order valence-electron chi connectivity index (χ0n) is 12.3. The molecule has 0 atom stereocenters. The molecule has 0 bridgehead atoms. The maximum absolute atomic E-state index is 13.5. The third-order valence-corrected chi connectivity index (χ3v) is 3.57. The number of carbonyl (C=O) groups excluding carboxylic acids is 1. The van der Waals surface area contributed by atoms with Crippen LogP contribution in [0.5, 0.6) is 0 Å². The first-order valence-electron chi connectivity index (χ1n) is 7.34. The number of hydrogen-bond acceptors (Lipinski definition) is 4. The maximum Gasteiger partial charge on any atom is 0.357 e. The predicted octanol–water partition coefficient (Wildman–Crippen LogP) is 3.58. The Morgan fingerprint density at radius 1 is 1.41 bits per heavy atom. The second-order valence-corrected chi connectivity index (χ2v) is 5.11. The number of nitrogens with one attached hydrogen (secondary N) is 1. The standard InChI is InChI=1S/C15H17FN4O2/c1-2-22-15(21)14-13(18-19-20-7-3-4-8-20)11-9-10(16)5-6-12(11)17-14/h5-6,9,17H,2-4,7-8H2,1H3. The van der Waals surface area contributed by atoms with Crippen LogP contribution in [-0.4, -0.2) is 35.7 Å². The normalized spacial score (nSPS) is 15.1. The molecule has 1 aromatic heterocycles. The van der Waals surface area contributed by atoms with Gasteiger partial charge in [0.05, 0.1) is 6.61 Å². The lowest BCUT2D eigenvalue weighted by Gasteiger charge is -2.07. The van der Waals surface area contributed by atoms with Crippen molar-refractivity contribution >= 4 is 22.6 Å². The summed E-state index contributed by atoms with van der Waals surface area (Å²) in [5.74, 6) is -0.908. The fourth-order valence-corrected chi connectivity index (χ4v) is 2.50. The maximum atomic E-state index is 13.5. The van der Waals surface area contributed by atoms with Crippen LogP contribution in [0.25, 0.3) is 10.9 Å². The summed E-state index contributed by atoms with van der Waals surface area (Å²) in [6, 6.07) is 4.24. The molecule has 0 unspecified atom stereocenters. The molecule has 2 heterocycles. The summed E-state index contributed by atoms with van der Waals surface area (Å²) in [5, 5.41) is 10.7. The van der Waals surface area contributed by atoms with E-state index < -0.39 is 5.97 Å². The second kappa shape index (κ2) is 6.13. The van der Waals surface area contributed by atoms with E-state index in [0.29, 0.717) is 16.6 Å². The third-order valence-electron chi connectivity index (χ3n) is 3.57. The highest BCUT2D eigenvalue weighted by Crippen LogP contribution is 2.32. The monoisotopic (exact) mass is 304 g/mol. The minimum Gasteiger partial charge on any atom is -0.461 e. The van der Waals surface area contributed by atoms with Crippen LogP contribution in [0.1, 0.15) is 30.3 Å². The Balaban J connectivity index is 2.04. The zero-order valence-corrected chi connectivity index (χ0v) is 12.3. The van der Waals surface area contributed by atoms with Gasteiger partial charge in [-0.25, -0.2) is 9.18 Å². The first-order valence-corrected chi connectivity index (χ1v) is 7.34. The summed E-state index contributed by atoms with van der Waals surface area (Å²) in [6.07, 6.45) is 2.15. The van der Waals surface area contributed by atoms with Crippen LogP contribution < -0.4 is 0 Å². The zero-order chi connectivity index (χ0) is 15.5. The lowest BCUT2D eigenvalue weighted by molar-refractivity contribution is 0.0521. The number of hydrogen-bond donors (Lipinski definition) is 1. The Bertz CT molecular complexity index is 720. The molecule has 0 radical (unpaired) electrons. The summed E-state index contributed by atoms with van der Waals surface area (Å²) in [6.45, 7) is 3.67. The minimum atomic E-state index is -0.519. The molecule has 2 aromatic rings. The topological polar surface area (TPSA) is 70.0 Å². The van der Waals surface area contributed by atoms with Gasteiger partial charge in [-0.3, -0.25) is 5.01 Å². The molecule has 1 fully saturated rings. The lowest BCUT2D eigenvalue weighted by atomic mass is 10.2. The molecule has 1 aromatic carbocycles. The molecule has 0 saturated carbocycles. The number of carbonyl (C=O) groups is 1. The van der Waals surface area contributed by atoms with E-state index in [1.54, 1.807) is 13.0 Å². The van der Waals surface area contributed by atoms with Gasteiger partial charge in [-0.05, 0) is 38.0 Å².